The molecule has 0 aliphatic carbocycles. The zero-order valence-electron chi connectivity index (χ0n) is 11.8. The molecule has 1 atom stereocenters. The molecule has 0 amide bonds. The first-order valence-electron chi connectivity index (χ1n) is 6.40. The van der Waals surface area contributed by atoms with Gasteiger partial charge in [-0.25, -0.2) is 8.78 Å². The van der Waals surface area contributed by atoms with Crippen molar-refractivity contribution in [2.24, 2.45) is 0 Å². The van der Waals surface area contributed by atoms with E-state index in [1.165, 1.54) is 26.4 Å². The lowest BCUT2D eigenvalue weighted by molar-refractivity contribution is 0.171. The SMILES string of the molecule is COc1cccc(C(O)Cc2cccc(F)c2F)c1OC. The van der Waals surface area contributed by atoms with E-state index >= 15 is 0 Å². The van der Waals surface area contributed by atoms with Gasteiger partial charge in [-0.15, -0.1) is 0 Å². The molecule has 0 spiro atoms. The largest absolute Gasteiger partial charge is 0.493 e. The Morgan fingerprint density at radius 2 is 1.76 bits per heavy atom. The van der Waals surface area contributed by atoms with E-state index in [1.54, 1.807) is 18.2 Å². The van der Waals surface area contributed by atoms with Crippen molar-refractivity contribution in [2.75, 3.05) is 14.2 Å². The minimum Gasteiger partial charge on any atom is -0.493 e. The van der Waals surface area contributed by atoms with Crippen LogP contribution < -0.4 is 9.47 Å². The van der Waals surface area contributed by atoms with E-state index in [-0.39, 0.29) is 12.0 Å². The van der Waals surface area contributed by atoms with Crippen LogP contribution in [0.25, 0.3) is 0 Å². The number of ether oxygens (including phenoxy) is 2. The first-order chi connectivity index (χ1) is 10.1. The molecule has 0 bridgehead atoms. The summed E-state index contributed by atoms with van der Waals surface area (Å²) in [6.45, 7) is 0. The van der Waals surface area contributed by atoms with Gasteiger partial charge in [0.15, 0.2) is 23.1 Å². The molecule has 5 heteroatoms. The highest BCUT2D eigenvalue weighted by Crippen LogP contribution is 2.35. The maximum Gasteiger partial charge on any atom is 0.166 e. The lowest BCUT2D eigenvalue weighted by atomic mass is 9.99. The third-order valence-corrected chi connectivity index (χ3v) is 3.24. The molecule has 2 aromatic rings. The van der Waals surface area contributed by atoms with Crippen molar-refractivity contribution >= 4 is 0 Å². The minimum absolute atomic E-state index is 0.0624. The smallest absolute Gasteiger partial charge is 0.166 e. The molecule has 0 fully saturated rings. The van der Waals surface area contributed by atoms with E-state index < -0.39 is 17.7 Å². The molecule has 1 unspecified atom stereocenters. The van der Waals surface area contributed by atoms with Gasteiger partial charge in [0.1, 0.15) is 0 Å². The third-order valence-electron chi connectivity index (χ3n) is 3.24. The second-order valence-electron chi connectivity index (χ2n) is 4.52. The van der Waals surface area contributed by atoms with Gasteiger partial charge in [-0.05, 0) is 17.7 Å². The number of halogens is 2. The molecular formula is C16H16F2O3. The number of hydrogen-bond acceptors (Lipinski definition) is 3. The molecule has 0 saturated heterocycles. The molecule has 1 N–H and O–H groups in total. The fourth-order valence-electron chi connectivity index (χ4n) is 2.20. The van der Waals surface area contributed by atoms with Crippen LogP contribution >= 0.6 is 0 Å². The van der Waals surface area contributed by atoms with Crippen molar-refractivity contribution in [3.05, 3.63) is 59.2 Å². The fraction of sp³-hybridized carbons (Fsp3) is 0.250. The van der Waals surface area contributed by atoms with Crippen LogP contribution in [-0.4, -0.2) is 19.3 Å². The monoisotopic (exact) mass is 294 g/mol. The summed E-state index contributed by atoms with van der Waals surface area (Å²) in [6.07, 6.45) is -1.10. The molecule has 0 radical (unpaired) electrons. The Kier molecular flexibility index (Phi) is 4.75. The molecule has 2 rings (SSSR count). The summed E-state index contributed by atoms with van der Waals surface area (Å²) in [5.41, 5.74) is 0.563. The maximum absolute atomic E-state index is 13.7. The standard InChI is InChI=1S/C16H16F2O3/c1-20-14-8-4-6-11(16(14)21-2)13(19)9-10-5-3-7-12(17)15(10)18/h3-8,13,19H,9H2,1-2H3. The minimum atomic E-state index is -1.04. The lowest BCUT2D eigenvalue weighted by Crippen LogP contribution is -2.07. The highest BCUT2D eigenvalue weighted by molar-refractivity contribution is 5.48. The number of methoxy groups -OCH3 is 2. The number of aliphatic hydroxyl groups excluding tert-OH is 1. The Hall–Kier alpha value is -2.14. The van der Waals surface area contributed by atoms with Gasteiger partial charge in [0.25, 0.3) is 0 Å². The van der Waals surface area contributed by atoms with Crippen molar-refractivity contribution < 1.29 is 23.4 Å². The molecule has 0 aliphatic rings. The van der Waals surface area contributed by atoms with Gasteiger partial charge in [-0.1, -0.05) is 24.3 Å². The summed E-state index contributed by atoms with van der Waals surface area (Å²) in [7, 11) is 2.94. The Morgan fingerprint density at radius 1 is 1.05 bits per heavy atom. The molecule has 2 aromatic carbocycles. The quantitative estimate of drug-likeness (QED) is 0.920. The van der Waals surface area contributed by atoms with E-state index in [2.05, 4.69) is 0 Å². The van der Waals surface area contributed by atoms with E-state index in [0.29, 0.717) is 17.1 Å². The van der Waals surface area contributed by atoms with Gasteiger partial charge in [-0.3, -0.25) is 0 Å². The van der Waals surface area contributed by atoms with Crippen molar-refractivity contribution in [2.45, 2.75) is 12.5 Å². The van der Waals surface area contributed by atoms with Crippen LogP contribution in [0, 0.1) is 11.6 Å². The van der Waals surface area contributed by atoms with Crippen LogP contribution in [0.15, 0.2) is 36.4 Å². The van der Waals surface area contributed by atoms with Gasteiger partial charge in [0, 0.05) is 12.0 Å². The van der Waals surface area contributed by atoms with E-state index in [4.69, 9.17) is 9.47 Å². The Labute approximate surface area is 121 Å². The van der Waals surface area contributed by atoms with Crippen LogP contribution in [0.4, 0.5) is 8.78 Å². The number of rotatable bonds is 5. The zero-order chi connectivity index (χ0) is 15.4. The predicted molar refractivity (Wildman–Crippen MR) is 74.6 cm³/mol. The van der Waals surface area contributed by atoms with Gasteiger partial charge < -0.3 is 14.6 Å². The Morgan fingerprint density at radius 3 is 2.43 bits per heavy atom. The molecule has 0 heterocycles. The molecule has 0 aliphatic heterocycles. The summed E-state index contributed by atoms with van der Waals surface area (Å²) in [5, 5.41) is 10.3. The second-order valence-corrected chi connectivity index (χ2v) is 4.52. The molecular weight excluding hydrogens is 278 g/mol. The molecule has 0 aromatic heterocycles. The topological polar surface area (TPSA) is 38.7 Å². The molecule has 112 valence electrons. The summed E-state index contributed by atoms with van der Waals surface area (Å²) in [5.74, 6) is -1.03. The summed E-state index contributed by atoms with van der Waals surface area (Å²) >= 11 is 0. The Bertz CT molecular complexity index is 629. The normalized spacial score (nSPS) is 12.0. The molecule has 3 nitrogen and oxygen atoms in total. The molecule has 0 saturated carbocycles. The van der Waals surface area contributed by atoms with Crippen molar-refractivity contribution in [1.82, 2.24) is 0 Å². The van der Waals surface area contributed by atoms with Gasteiger partial charge in [-0.2, -0.15) is 0 Å². The molecule has 21 heavy (non-hydrogen) atoms. The number of aliphatic hydroxyl groups is 1. The Balaban J connectivity index is 2.32. The maximum atomic E-state index is 13.7. The third kappa shape index (κ3) is 3.13. The van der Waals surface area contributed by atoms with Crippen LogP contribution in [0.5, 0.6) is 11.5 Å². The number of para-hydroxylation sites is 1. The first kappa shape index (κ1) is 15.3. The van der Waals surface area contributed by atoms with Crippen molar-refractivity contribution in [3.8, 4) is 11.5 Å². The summed E-state index contributed by atoms with van der Waals surface area (Å²) in [4.78, 5) is 0. The zero-order valence-corrected chi connectivity index (χ0v) is 11.8. The summed E-state index contributed by atoms with van der Waals surface area (Å²) < 4.78 is 37.2. The van der Waals surface area contributed by atoms with Crippen LogP contribution in [0.3, 0.4) is 0 Å². The summed E-state index contributed by atoms with van der Waals surface area (Å²) in [6, 6.07) is 8.93. The van der Waals surface area contributed by atoms with Crippen LogP contribution in [0.2, 0.25) is 0 Å². The second kappa shape index (κ2) is 6.54. The van der Waals surface area contributed by atoms with E-state index in [9.17, 15) is 13.9 Å². The van der Waals surface area contributed by atoms with E-state index in [1.807, 2.05) is 0 Å². The van der Waals surface area contributed by atoms with Gasteiger partial charge in [0.05, 0.1) is 20.3 Å². The lowest BCUT2D eigenvalue weighted by Gasteiger charge is -2.17. The number of benzene rings is 2. The van der Waals surface area contributed by atoms with Crippen LogP contribution in [-0.2, 0) is 6.42 Å². The average Bonchev–Trinajstić information content (AvgIpc) is 2.50. The van der Waals surface area contributed by atoms with Gasteiger partial charge in [0.2, 0.25) is 0 Å². The highest BCUT2D eigenvalue weighted by Gasteiger charge is 2.19. The highest BCUT2D eigenvalue weighted by atomic mass is 19.2. The average molecular weight is 294 g/mol. The fourth-order valence-corrected chi connectivity index (χ4v) is 2.20. The number of hydrogen-bond donors (Lipinski definition) is 1. The van der Waals surface area contributed by atoms with Crippen molar-refractivity contribution in [3.63, 3.8) is 0 Å². The first-order valence-corrected chi connectivity index (χ1v) is 6.40. The van der Waals surface area contributed by atoms with E-state index in [0.717, 1.165) is 6.07 Å². The van der Waals surface area contributed by atoms with Crippen molar-refractivity contribution in [1.29, 1.82) is 0 Å². The van der Waals surface area contributed by atoms with Gasteiger partial charge >= 0.3 is 0 Å². The van der Waals surface area contributed by atoms with Crippen LogP contribution in [0.1, 0.15) is 17.2 Å². The predicted octanol–water partition coefficient (Wildman–Crippen LogP) is 3.26.